The Bertz CT molecular complexity index is 545. The first kappa shape index (κ1) is 10.9. The van der Waals surface area contributed by atoms with Gasteiger partial charge >= 0.3 is 5.76 Å². The van der Waals surface area contributed by atoms with Gasteiger partial charge < -0.3 is 21.0 Å². The van der Waals surface area contributed by atoms with Crippen molar-refractivity contribution in [3.63, 3.8) is 0 Å². The predicted molar refractivity (Wildman–Crippen MR) is 58.8 cm³/mol. The largest absolute Gasteiger partial charge is 0.417 e. The van der Waals surface area contributed by atoms with E-state index in [-0.39, 0.29) is 6.61 Å². The third-order valence-electron chi connectivity index (χ3n) is 2.50. The summed E-state index contributed by atoms with van der Waals surface area (Å²) in [6.45, 7) is -0.198. The maximum atomic E-state index is 10.9. The zero-order chi connectivity index (χ0) is 11.7. The molecule has 2 rings (SSSR count). The molecule has 0 saturated carbocycles. The number of aromatic nitrogens is 1. The van der Waals surface area contributed by atoms with Crippen molar-refractivity contribution in [3.8, 4) is 0 Å². The van der Waals surface area contributed by atoms with Crippen molar-refractivity contribution in [2.45, 2.75) is 12.1 Å². The number of benzene rings is 1. The molecule has 0 bridgehead atoms. The van der Waals surface area contributed by atoms with Gasteiger partial charge in [0.1, 0.15) is 0 Å². The topological polar surface area (TPSA) is 118 Å². The maximum Gasteiger partial charge on any atom is 0.417 e. The zero-order valence-electron chi connectivity index (χ0n) is 8.51. The Morgan fingerprint density at radius 2 is 2.19 bits per heavy atom. The molecule has 0 fully saturated rings. The first-order valence-corrected chi connectivity index (χ1v) is 4.86. The van der Waals surface area contributed by atoms with Gasteiger partial charge in [0.2, 0.25) is 0 Å². The summed E-state index contributed by atoms with van der Waals surface area (Å²) in [5.41, 5.74) is 13.2. The summed E-state index contributed by atoms with van der Waals surface area (Å²) < 4.78 is 4.90. The second kappa shape index (κ2) is 4.09. The number of aliphatic hydroxyl groups is 1. The van der Waals surface area contributed by atoms with Crippen LogP contribution in [0, 0.1) is 0 Å². The molecule has 6 nitrogen and oxygen atoms in total. The molecule has 86 valence electrons. The molecule has 0 radical (unpaired) electrons. The van der Waals surface area contributed by atoms with Crippen LogP contribution in [0.1, 0.15) is 11.6 Å². The minimum atomic E-state index is -0.539. The van der Waals surface area contributed by atoms with E-state index in [0.29, 0.717) is 11.1 Å². The van der Waals surface area contributed by atoms with Gasteiger partial charge in [-0.15, -0.1) is 0 Å². The van der Waals surface area contributed by atoms with E-state index in [0.717, 1.165) is 5.56 Å². The van der Waals surface area contributed by atoms with Crippen LogP contribution in [0.25, 0.3) is 11.1 Å². The molecule has 1 heterocycles. The molecule has 16 heavy (non-hydrogen) atoms. The number of aromatic amines is 1. The van der Waals surface area contributed by atoms with Crippen molar-refractivity contribution in [2.24, 2.45) is 11.5 Å². The van der Waals surface area contributed by atoms with Gasteiger partial charge in [-0.25, -0.2) is 4.79 Å². The van der Waals surface area contributed by atoms with Gasteiger partial charge in [0.05, 0.1) is 12.1 Å². The number of hydrogen-bond acceptors (Lipinski definition) is 5. The fourth-order valence-electron chi connectivity index (χ4n) is 1.53. The maximum absolute atomic E-state index is 10.9. The summed E-state index contributed by atoms with van der Waals surface area (Å²) in [7, 11) is 0. The number of nitrogens with two attached hydrogens (primary N) is 2. The Kier molecular flexibility index (Phi) is 2.78. The summed E-state index contributed by atoms with van der Waals surface area (Å²) in [5, 5.41) is 8.90. The number of oxazole rings is 1. The Morgan fingerprint density at radius 1 is 1.44 bits per heavy atom. The summed E-state index contributed by atoms with van der Waals surface area (Å²) in [6, 6.07) is 4.05. The third kappa shape index (κ3) is 1.85. The average molecular weight is 223 g/mol. The Labute approximate surface area is 90.9 Å². The highest BCUT2D eigenvalue weighted by Crippen LogP contribution is 2.18. The van der Waals surface area contributed by atoms with E-state index >= 15 is 0 Å². The van der Waals surface area contributed by atoms with Crippen LogP contribution in [-0.4, -0.2) is 22.7 Å². The second-order valence-corrected chi connectivity index (χ2v) is 3.64. The Balaban J connectivity index is 2.42. The molecule has 0 aliphatic carbocycles. The molecule has 0 aliphatic rings. The highest BCUT2D eigenvalue weighted by molar-refractivity contribution is 5.72. The molecular formula is C10H13N3O3. The van der Waals surface area contributed by atoms with Crippen LogP contribution in [0.3, 0.4) is 0 Å². The summed E-state index contributed by atoms with van der Waals surface area (Å²) in [4.78, 5) is 13.5. The lowest BCUT2D eigenvalue weighted by Gasteiger charge is -2.17. The third-order valence-corrected chi connectivity index (χ3v) is 2.50. The lowest BCUT2D eigenvalue weighted by Crippen LogP contribution is -2.37. The first-order chi connectivity index (χ1) is 7.61. The summed E-state index contributed by atoms with van der Waals surface area (Å²) in [6.07, 6.45) is 0. The van der Waals surface area contributed by atoms with Gasteiger partial charge in [-0.1, -0.05) is 6.07 Å². The zero-order valence-corrected chi connectivity index (χ0v) is 8.51. The number of H-pyrrole nitrogens is 1. The molecule has 1 aromatic carbocycles. The van der Waals surface area contributed by atoms with Crippen LogP contribution in [0.4, 0.5) is 0 Å². The van der Waals surface area contributed by atoms with Crippen molar-refractivity contribution in [3.05, 3.63) is 34.3 Å². The molecule has 2 aromatic rings. The fourth-order valence-corrected chi connectivity index (χ4v) is 1.53. The number of hydrogen-bond donors (Lipinski definition) is 4. The molecular weight excluding hydrogens is 210 g/mol. The number of aliphatic hydroxyl groups excluding tert-OH is 1. The quantitative estimate of drug-likeness (QED) is 0.556. The summed E-state index contributed by atoms with van der Waals surface area (Å²) in [5.74, 6) is -0.507. The monoisotopic (exact) mass is 223 g/mol. The van der Waals surface area contributed by atoms with Gasteiger partial charge in [0.25, 0.3) is 0 Å². The van der Waals surface area contributed by atoms with Crippen LogP contribution in [0.2, 0.25) is 0 Å². The lowest BCUT2D eigenvalue weighted by atomic mass is 10.0. The molecule has 0 aliphatic heterocycles. The minimum absolute atomic E-state index is 0.198. The van der Waals surface area contributed by atoms with Crippen molar-refractivity contribution in [1.29, 1.82) is 0 Å². The van der Waals surface area contributed by atoms with E-state index in [2.05, 4.69) is 4.98 Å². The number of rotatable bonds is 3. The van der Waals surface area contributed by atoms with Crippen LogP contribution in [0.15, 0.2) is 27.4 Å². The van der Waals surface area contributed by atoms with Gasteiger partial charge in [0, 0.05) is 12.1 Å². The van der Waals surface area contributed by atoms with Gasteiger partial charge in [-0.05, 0) is 17.7 Å². The smallest absolute Gasteiger partial charge is 0.408 e. The first-order valence-electron chi connectivity index (χ1n) is 4.86. The molecule has 6 heteroatoms. The molecule has 0 saturated heterocycles. The molecule has 0 spiro atoms. The summed E-state index contributed by atoms with van der Waals surface area (Å²) >= 11 is 0. The van der Waals surface area contributed by atoms with E-state index in [1.807, 2.05) is 0 Å². The van der Waals surface area contributed by atoms with Crippen LogP contribution in [-0.2, 0) is 0 Å². The van der Waals surface area contributed by atoms with E-state index in [9.17, 15) is 4.79 Å². The van der Waals surface area contributed by atoms with Gasteiger partial charge in [-0.3, -0.25) is 4.98 Å². The fraction of sp³-hybridized carbons (Fsp3) is 0.300. The molecule has 0 amide bonds. The normalized spacial score (nSPS) is 15.2. The Hall–Kier alpha value is -1.63. The lowest BCUT2D eigenvalue weighted by molar-refractivity contribution is 0.250. The van der Waals surface area contributed by atoms with Crippen molar-refractivity contribution < 1.29 is 9.52 Å². The highest BCUT2D eigenvalue weighted by Gasteiger charge is 2.15. The molecule has 1 aromatic heterocycles. The number of fused-ring (bicyclic) bond motifs is 1. The van der Waals surface area contributed by atoms with E-state index in [1.54, 1.807) is 18.2 Å². The highest BCUT2D eigenvalue weighted by atomic mass is 16.4. The van der Waals surface area contributed by atoms with Crippen LogP contribution < -0.4 is 17.2 Å². The van der Waals surface area contributed by atoms with Crippen molar-refractivity contribution in [1.82, 2.24) is 4.98 Å². The molecule has 2 unspecified atom stereocenters. The Morgan fingerprint density at radius 3 is 2.88 bits per heavy atom. The van der Waals surface area contributed by atoms with Crippen LogP contribution in [0.5, 0.6) is 0 Å². The van der Waals surface area contributed by atoms with Crippen LogP contribution >= 0.6 is 0 Å². The van der Waals surface area contributed by atoms with Gasteiger partial charge in [-0.2, -0.15) is 0 Å². The average Bonchev–Trinajstić information content (AvgIpc) is 2.65. The predicted octanol–water partition coefficient (Wildman–Crippen LogP) is -0.559. The molecule has 2 atom stereocenters. The van der Waals surface area contributed by atoms with E-state index in [4.69, 9.17) is 21.0 Å². The van der Waals surface area contributed by atoms with Crippen molar-refractivity contribution >= 4 is 11.1 Å². The van der Waals surface area contributed by atoms with E-state index in [1.165, 1.54) is 0 Å². The minimum Gasteiger partial charge on any atom is -0.408 e. The number of nitrogens with one attached hydrogen (secondary N) is 1. The van der Waals surface area contributed by atoms with Crippen molar-refractivity contribution in [2.75, 3.05) is 6.61 Å². The second-order valence-electron chi connectivity index (χ2n) is 3.64. The van der Waals surface area contributed by atoms with Gasteiger partial charge in [0.15, 0.2) is 5.58 Å². The molecule has 6 N–H and O–H groups in total. The standard InChI is InChI=1S/C10H13N3O3/c11-6(4-14)9(12)5-1-2-7-8(3-5)16-10(15)13-7/h1-3,6,9,14H,4,11-12H2,(H,13,15). The van der Waals surface area contributed by atoms with E-state index < -0.39 is 17.8 Å². The SMILES string of the molecule is NC(CO)C(N)c1ccc2[nH]c(=O)oc2c1.